The van der Waals surface area contributed by atoms with E-state index in [1.54, 1.807) is 13.2 Å². The zero-order valence-corrected chi connectivity index (χ0v) is 11.1. The Morgan fingerprint density at radius 2 is 2.06 bits per heavy atom. The topological polar surface area (TPSA) is 61.3 Å². The summed E-state index contributed by atoms with van der Waals surface area (Å²) >= 11 is 1.40. The van der Waals surface area contributed by atoms with Gasteiger partial charge in [-0.05, 0) is 13.0 Å². The highest BCUT2D eigenvalue weighted by atomic mass is 32.1. The van der Waals surface area contributed by atoms with Gasteiger partial charge in [-0.2, -0.15) is 0 Å². The van der Waals surface area contributed by atoms with Gasteiger partial charge in [-0.1, -0.05) is 6.07 Å². The maximum Gasteiger partial charge on any atom is 0.357 e. The monoisotopic (exact) mass is 264 g/mol. The minimum Gasteiger partial charge on any atom is -0.481 e. The van der Waals surface area contributed by atoms with Crippen LogP contribution in [-0.2, 0) is 4.74 Å². The van der Waals surface area contributed by atoms with Crippen LogP contribution in [0.15, 0.2) is 18.2 Å². The molecule has 2 rings (SSSR count). The highest BCUT2D eigenvalue weighted by molar-refractivity contribution is 7.15. The van der Waals surface area contributed by atoms with Crippen molar-refractivity contribution in [3.63, 3.8) is 0 Å². The van der Waals surface area contributed by atoms with Gasteiger partial charge in [0.05, 0.1) is 14.2 Å². The molecule has 0 N–H and O–H groups in total. The van der Waals surface area contributed by atoms with Gasteiger partial charge in [-0.3, -0.25) is 0 Å². The molecule has 0 aliphatic carbocycles. The van der Waals surface area contributed by atoms with Crippen LogP contribution >= 0.6 is 11.3 Å². The Morgan fingerprint density at radius 1 is 1.28 bits per heavy atom. The summed E-state index contributed by atoms with van der Waals surface area (Å²) in [6, 6.07) is 5.41. The Bertz CT molecular complexity index is 580. The van der Waals surface area contributed by atoms with Crippen molar-refractivity contribution in [3.8, 4) is 16.6 Å². The summed E-state index contributed by atoms with van der Waals surface area (Å²) in [6.45, 7) is 1.83. The average molecular weight is 264 g/mol. The number of aryl methyl sites for hydroxylation is 1. The van der Waals surface area contributed by atoms with Crippen molar-refractivity contribution in [2.45, 2.75) is 6.92 Å². The van der Waals surface area contributed by atoms with Crippen molar-refractivity contribution in [1.29, 1.82) is 0 Å². The number of nitrogens with zero attached hydrogens (tertiary/aromatic N) is 2. The van der Waals surface area contributed by atoms with E-state index in [0.717, 1.165) is 4.88 Å². The van der Waals surface area contributed by atoms with Crippen molar-refractivity contribution in [1.82, 2.24) is 9.97 Å². The third-order valence-electron chi connectivity index (χ3n) is 2.33. The molecule has 0 aliphatic rings. The first-order chi connectivity index (χ1) is 8.65. The highest BCUT2D eigenvalue weighted by Gasteiger charge is 2.17. The molecular formula is C12H12N2O3S. The molecule has 0 radical (unpaired) electrons. The second-order valence-electron chi connectivity index (χ2n) is 3.48. The van der Waals surface area contributed by atoms with Gasteiger partial charge in [-0.25, -0.2) is 14.8 Å². The maximum absolute atomic E-state index is 11.5. The molecule has 0 bridgehead atoms. The second kappa shape index (κ2) is 5.14. The van der Waals surface area contributed by atoms with E-state index in [4.69, 9.17) is 4.74 Å². The molecule has 6 heteroatoms. The number of rotatable bonds is 3. The highest BCUT2D eigenvalue weighted by Crippen LogP contribution is 2.27. The molecule has 0 spiro atoms. The van der Waals surface area contributed by atoms with Crippen molar-refractivity contribution < 1.29 is 14.3 Å². The molecule has 0 amide bonds. The summed E-state index contributed by atoms with van der Waals surface area (Å²) < 4.78 is 9.73. The van der Waals surface area contributed by atoms with E-state index in [0.29, 0.717) is 22.3 Å². The van der Waals surface area contributed by atoms with Gasteiger partial charge in [0, 0.05) is 10.9 Å². The first-order valence-electron chi connectivity index (χ1n) is 5.23. The number of esters is 1. The fourth-order valence-electron chi connectivity index (χ4n) is 1.44. The van der Waals surface area contributed by atoms with Crippen LogP contribution in [0.5, 0.6) is 5.88 Å². The van der Waals surface area contributed by atoms with Gasteiger partial charge in [0.1, 0.15) is 10.7 Å². The van der Waals surface area contributed by atoms with Crippen molar-refractivity contribution in [3.05, 3.63) is 28.8 Å². The molecule has 2 heterocycles. The number of hydrogen-bond donors (Lipinski definition) is 0. The molecule has 0 unspecified atom stereocenters. The molecule has 94 valence electrons. The first-order valence-corrected chi connectivity index (χ1v) is 6.04. The molecule has 0 saturated carbocycles. The molecular weight excluding hydrogens is 252 g/mol. The second-order valence-corrected chi connectivity index (χ2v) is 4.68. The number of methoxy groups -OCH3 is 2. The SMILES string of the molecule is COC(=O)c1nc(-c2cccc(OC)n2)sc1C. The summed E-state index contributed by atoms with van der Waals surface area (Å²) in [7, 11) is 2.89. The summed E-state index contributed by atoms with van der Waals surface area (Å²) in [5.74, 6) is 0.0814. The van der Waals surface area contributed by atoms with Crippen LogP contribution < -0.4 is 4.74 Å². The summed E-state index contributed by atoms with van der Waals surface area (Å²) in [5, 5.41) is 0.673. The van der Waals surface area contributed by atoms with Crippen LogP contribution in [0.25, 0.3) is 10.7 Å². The van der Waals surface area contributed by atoms with Crippen LogP contribution in [0, 0.1) is 6.92 Å². The number of aromatic nitrogens is 2. The van der Waals surface area contributed by atoms with E-state index in [1.165, 1.54) is 18.4 Å². The summed E-state index contributed by atoms with van der Waals surface area (Å²) in [4.78, 5) is 20.8. The average Bonchev–Trinajstić information content (AvgIpc) is 2.80. The van der Waals surface area contributed by atoms with Gasteiger partial charge < -0.3 is 9.47 Å². The lowest BCUT2D eigenvalue weighted by Crippen LogP contribution is -2.03. The number of thiazole rings is 1. The predicted octanol–water partition coefficient (Wildman–Crippen LogP) is 2.31. The minimum atomic E-state index is -0.433. The normalized spacial score (nSPS) is 10.2. The van der Waals surface area contributed by atoms with Crippen LogP contribution in [0.4, 0.5) is 0 Å². The van der Waals surface area contributed by atoms with E-state index in [2.05, 4.69) is 14.7 Å². The Kier molecular flexibility index (Phi) is 3.57. The number of ether oxygens (including phenoxy) is 2. The zero-order chi connectivity index (χ0) is 13.1. The molecule has 5 nitrogen and oxygen atoms in total. The molecule has 18 heavy (non-hydrogen) atoms. The van der Waals surface area contributed by atoms with Crippen LogP contribution in [0.1, 0.15) is 15.4 Å². The largest absolute Gasteiger partial charge is 0.481 e. The third-order valence-corrected chi connectivity index (χ3v) is 3.32. The number of carbonyl (C=O) groups is 1. The lowest BCUT2D eigenvalue weighted by molar-refractivity contribution is 0.0594. The zero-order valence-electron chi connectivity index (χ0n) is 10.3. The lowest BCUT2D eigenvalue weighted by atomic mass is 10.3. The quantitative estimate of drug-likeness (QED) is 0.796. The maximum atomic E-state index is 11.5. The Balaban J connectivity index is 2.42. The van der Waals surface area contributed by atoms with Crippen LogP contribution in [0.2, 0.25) is 0 Å². The summed E-state index contributed by atoms with van der Waals surface area (Å²) in [5.41, 5.74) is 1.01. The van der Waals surface area contributed by atoms with E-state index < -0.39 is 5.97 Å². The van der Waals surface area contributed by atoms with Gasteiger partial charge >= 0.3 is 5.97 Å². The Morgan fingerprint density at radius 3 is 2.72 bits per heavy atom. The molecule has 0 atom stereocenters. The van der Waals surface area contributed by atoms with Crippen LogP contribution in [0.3, 0.4) is 0 Å². The van der Waals surface area contributed by atoms with E-state index >= 15 is 0 Å². The molecule has 2 aromatic heterocycles. The lowest BCUT2D eigenvalue weighted by Gasteiger charge is -1.99. The van der Waals surface area contributed by atoms with E-state index in [-0.39, 0.29) is 0 Å². The summed E-state index contributed by atoms with van der Waals surface area (Å²) in [6.07, 6.45) is 0. The first kappa shape index (κ1) is 12.5. The van der Waals surface area contributed by atoms with Crippen molar-refractivity contribution in [2.24, 2.45) is 0 Å². The molecule has 2 aromatic rings. The van der Waals surface area contributed by atoms with Gasteiger partial charge in [0.15, 0.2) is 5.69 Å². The molecule has 0 aromatic carbocycles. The van der Waals surface area contributed by atoms with Crippen molar-refractivity contribution >= 4 is 17.3 Å². The van der Waals surface area contributed by atoms with Crippen molar-refractivity contribution in [2.75, 3.05) is 14.2 Å². The van der Waals surface area contributed by atoms with Crippen LogP contribution in [-0.4, -0.2) is 30.2 Å². The van der Waals surface area contributed by atoms with Gasteiger partial charge in [0.25, 0.3) is 0 Å². The molecule has 0 aliphatic heterocycles. The minimum absolute atomic E-state index is 0.335. The van der Waals surface area contributed by atoms with Gasteiger partial charge in [0.2, 0.25) is 5.88 Å². The predicted molar refractivity (Wildman–Crippen MR) is 68.0 cm³/mol. The van der Waals surface area contributed by atoms with E-state index in [1.807, 2.05) is 19.1 Å². The fourth-order valence-corrected chi connectivity index (χ4v) is 2.31. The number of pyridine rings is 1. The molecule has 0 saturated heterocycles. The smallest absolute Gasteiger partial charge is 0.357 e. The standard InChI is InChI=1S/C12H12N2O3S/c1-7-10(12(15)17-3)14-11(18-7)8-5-4-6-9(13-8)16-2/h4-6H,1-3H3. The number of carbonyl (C=O) groups excluding carboxylic acids is 1. The Hall–Kier alpha value is -1.95. The van der Waals surface area contributed by atoms with E-state index in [9.17, 15) is 4.79 Å². The van der Waals surface area contributed by atoms with Gasteiger partial charge in [-0.15, -0.1) is 11.3 Å². The molecule has 0 fully saturated rings. The number of hydrogen-bond acceptors (Lipinski definition) is 6. The third kappa shape index (κ3) is 2.33. The Labute approximate surface area is 108 Å². The fraction of sp³-hybridized carbons (Fsp3) is 0.250.